The molecule has 0 aliphatic rings. The lowest BCUT2D eigenvalue weighted by Gasteiger charge is -2.11. The minimum Gasteiger partial charge on any atom is -0.491 e. The highest BCUT2D eigenvalue weighted by molar-refractivity contribution is 7.92. The van der Waals surface area contributed by atoms with Gasteiger partial charge in [0.15, 0.2) is 11.6 Å². The van der Waals surface area contributed by atoms with Gasteiger partial charge in [-0.25, -0.2) is 12.8 Å². The zero-order valence-corrected chi connectivity index (χ0v) is 12.7. The van der Waals surface area contributed by atoms with Gasteiger partial charge in [0.1, 0.15) is 0 Å². The number of benzene rings is 2. The van der Waals surface area contributed by atoms with Crippen molar-refractivity contribution in [2.75, 3.05) is 11.3 Å². The molecule has 21 heavy (non-hydrogen) atoms. The van der Waals surface area contributed by atoms with E-state index in [2.05, 4.69) is 4.72 Å². The van der Waals surface area contributed by atoms with Gasteiger partial charge in [-0.05, 0) is 37.3 Å². The van der Waals surface area contributed by atoms with Crippen molar-refractivity contribution in [1.82, 2.24) is 0 Å². The quantitative estimate of drug-likeness (QED) is 0.910. The predicted molar refractivity (Wildman–Crippen MR) is 79.8 cm³/mol. The number of anilines is 1. The third kappa shape index (κ3) is 3.65. The van der Waals surface area contributed by atoms with Crippen LogP contribution >= 0.6 is 11.6 Å². The maximum absolute atomic E-state index is 13.7. The van der Waals surface area contributed by atoms with E-state index >= 15 is 0 Å². The number of sulfonamides is 1. The van der Waals surface area contributed by atoms with E-state index in [1.165, 1.54) is 18.2 Å². The zero-order valence-electron chi connectivity index (χ0n) is 11.1. The Bertz CT molecular complexity index is 750. The first-order chi connectivity index (χ1) is 9.94. The minimum atomic E-state index is -3.92. The maximum atomic E-state index is 13.7. The topological polar surface area (TPSA) is 55.4 Å². The molecule has 0 fully saturated rings. The monoisotopic (exact) mass is 329 g/mol. The van der Waals surface area contributed by atoms with Crippen LogP contribution in [0, 0.1) is 5.82 Å². The molecular formula is C14H13ClFNO3S. The fraction of sp³-hybridized carbons (Fsp3) is 0.143. The van der Waals surface area contributed by atoms with Crippen LogP contribution in [0.15, 0.2) is 47.4 Å². The molecule has 1 N–H and O–H groups in total. The molecule has 0 atom stereocenters. The van der Waals surface area contributed by atoms with Crippen molar-refractivity contribution in [2.24, 2.45) is 0 Å². The summed E-state index contributed by atoms with van der Waals surface area (Å²) in [6.07, 6.45) is 0. The molecule has 4 nitrogen and oxygen atoms in total. The van der Waals surface area contributed by atoms with Gasteiger partial charge < -0.3 is 4.74 Å². The van der Waals surface area contributed by atoms with Crippen LogP contribution in [0.5, 0.6) is 5.75 Å². The number of rotatable bonds is 5. The smallest absolute Gasteiger partial charge is 0.262 e. The molecule has 2 aromatic carbocycles. The summed E-state index contributed by atoms with van der Waals surface area (Å²) < 4.78 is 45.5. The number of hydrogen-bond acceptors (Lipinski definition) is 3. The second-order valence-electron chi connectivity index (χ2n) is 4.11. The first kappa shape index (κ1) is 15.6. The van der Waals surface area contributed by atoms with Crippen LogP contribution in [0.25, 0.3) is 0 Å². The molecule has 0 heterocycles. The van der Waals surface area contributed by atoms with Crippen LogP contribution < -0.4 is 9.46 Å². The van der Waals surface area contributed by atoms with Crippen LogP contribution in [0.2, 0.25) is 5.02 Å². The summed E-state index contributed by atoms with van der Waals surface area (Å²) in [5.41, 5.74) is 0.230. The molecule has 0 radical (unpaired) electrons. The Morgan fingerprint density at radius 3 is 2.57 bits per heavy atom. The normalized spacial score (nSPS) is 11.2. The molecule has 0 bridgehead atoms. The minimum absolute atomic E-state index is 0.00851. The fourth-order valence-electron chi connectivity index (χ4n) is 1.67. The lowest BCUT2D eigenvalue weighted by Crippen LogP contribution is -2.13. The van der Waals surface area contributed by atoms with E-state index in [4.69, 9.17) is 16.3 Å². The summed E-state index contributed by atoms with van der Waals surface area (Å²) >= 11 is 5.89. The Morgan fingerprint density at radius 1 is 1.24 bits per heavy atom. The lowest BCUT2D eigenvalue weighted by molar-refractivity contribution is 0.321. The predicted octanol–water partition coefficient (Wildman–Crippen LogP) is 3.68. The second kappa shape index (κ2) is 6.32. The first-order valence-electron chi connectivity index (χ1n) is 6.13. The van der Waals surface area contributed by atoms with Crippen molar-refractivity contribution < 1.29 is 17.5 Å². The summed E-state index contributed by atoms with van der Waals surface area (Å²) in [6.45, 7) is 2.00. The van der Waals surface area contributed by atoms with Gasteiger partial charge in [-0.2, -0.15) is 0 Å². The van der Waals surface area contributed by atoms with Crippen molar-refractivity contribution in [2.45, 2.75) is 11.8 Å². The van der Waals surface area contributed by atoms with Crippen molar-refractivity contribution in [3.05, 3.63) is 53.3 Å². The standard InChI is InChI=1S/C14H13ClFNO3S/c1-2-20-14-8-7-10(9-12(14)16)21(18,19)17-13-6-4-3-5-11(13)15/h3-9,17H,2H2,1H3. The van der Waals surface area contributed by atoms with Gasteiger partial charge in [0.05, 0.1) is 22.2 Å². The van der Waals surface area contributed by atoms with Crippen LogP contribution in [-0.2, 0) is 10.0 Å². The van der Waals surface area contributed by atoms with Gasteiger partial charge in [-0.3, -0.25) is 4.72 Å². The average molecular weight is 330 g/mol. The molecule has 0 aliphatic heterocycles. The van der Waals surface area contributed by atoms with Crippen LogP contribution in [-0.4, -0.2) is 15.0 Å². The highest BCUT2D eigenvalue weighted by atomic mass is 35.5. The summed E-state index contributed by atoms with van der Waals surface area (Å²) in [6, 6.07) is 9.85. The Morgan fingerprint density at radius 2 is 1.95 bits per heavy atom. The summed E-state index contributed by atoms with van der Waals surface area (Å²) in [4.78, 5) is -0.205. The summed E-state index contributed by atoms with van der Waals surface area (Å²) in [7, 11) is -3.92. The van der Waals surface area contributed by atoms with E-state index in [-0.39, 0.29) is 21.4 Å². The Labute approximate surface area is 127 Å². The van der Waals surface area contributed by atoms with E-state index in [0.717, 1.165) is 6.07 Å². The summed E-state index contributed by atoms with van der Waals surface area (Å²) in [5, 5.41) is 0.257. The average Bonchev–Trinajstić information content (AvgIpc) is 2.43. The number of halogens is 2. The molecule has 7 heteroatoms. The van der Waals surface area contributed by atoms with Gasteiger partial charge in [-0.1, -0.05) is 23.7 Å². The second-order valence-corrected chi connectivity index (χ2v) is 6.20. The van der Waals surface area contributed by atoms with Gasteiger partial charge in [0, 0.05) is 0 Å². The lowest BCUT2D eigenvalue weighted by atomic mass is 10.3. The highest BCUT2D eigenvalue weighted by Crippen LogP contribution is 2.26. The van der Waals surface area contributed by atoms with Crippen molar-refractivity contribution in [3.63, 3.8) is 0 Å². The van der Waals surface area contributed by atoms with Gasteiger partial charge in [0.25, 0.3) is 10.0 Å². The number of ether oxygens (including phenoxy) is 1. The largest absolute Gasteiger partial charge is 0.491 e. The number of hydrogen-bond donors (Lipinski definition) is 1. The van der Waals surface area contributed by atoms with E-state index in [0.29, 0.717) is 6.61 Å². The zero-order chi connectivity index (χ0) is 15.5. The summed E-state index contributed by atoms with van der Waals surface area (Å²) in [5.74, 6) is -0.729. The van der Waals surface area contributed by atoms with E-state index in [9.17, 15) is 12.8 Å². The van der Waals surface area contributed by atoms with Gasteiger partial charge >= 0.3 is 0 Å². The highest BCUT2D eigenvalue weighted by Gasteiger charge is 2.18. The van der Waals surface area contributed by atoms with Crippen LogP contribution in [0.1, 0.15) is 6.92 Å². The molecule has 0 saturated heterocycles. The third-order valence-corrected chi connectivity index (χ3v) is 4.32. The van der Waals surface area contributed by atoms with E-state index < -0.39 is 15.8 Å². The van der Waals surface area contributed by atoms with Crippen molar-refractivity contribution >= 4 is 27.3 Å². The molecule has 112 valence electrons. The molecule has 0 unspecified atom stereocenters. The van der Waals surface area contributed by atoms with Crippen LogP contribution in [0.3, 0.4) is 0 Å². The van der Waals surface area contributed by atoms with Gasteiger partial charge in [-0.15, -0.1) is 0 Å². The Hall–Kier alpha value is -1.79. The first-order valence-corrected chi connectivity index (χ1v) is 8.00. The van der Waals surface area contributed by atoms with Gasteiger partial charge in [0.2, 0.25) is 0 Å². The SMILES string of the molecule is CCOc1ccc(S(=O)(=O)Nc2ccccc2Cl)cc1F. The van der Waals surface area contributed by atoms with E-state index in [1.54, 1.807) is 25.1 Å². The Kier molecular flexibility index (Phi) is 4.69. The molecule has 2 rings (SSSR count). The number of para-hydroxylation sites is 1. The molecule has 0 saturated carbocycles. The number of nitrogens with one attached hydrogen (secondary N) is 1. The fourth-order valence-corrected chi connectivity index (χ4v) is 3.00. The van der Waals surface area contributed by atoms with Crippen molar-refractivity contribution in [3.8, 4) is 5.75 Å². The third-order valence-electron chi connectivity index (χ3n) is 2.63. The Balaban J connectivity index is 2.32. The molecule has 0 aliphatic carbocycles. The molecule has 0 aromatic heterocycles. The molecule has 0 amide bonds. The maximum Gasteiger partial charge on any atom is 0.262 e. The van der Waals surface area contributed by atoms with E-state index in [1.807, 2.05) is 0 Å². The van der Waals surface area contributed by atoms with Crippen molar-refractivity contribution in [1.29, 1.82) is 0 Å². The molecular weight excluding hydrogens is 317 g/mol. The molecule has 0 spiro atoms. The van der Waals surface area contributed by atoms with Crippen LogP contribution in [0.4, 0.5) is 10.1 Å². The molecule has 2 aromatic rings.